The van der Waals surface area contributed by atoms with Crippen LogP contribution in [0.4, 0.5) is 0 Å². The Bertz CT molecular complexity index is 607. The Balaban J connectivity index is 2.54. The standard InChI is InChI=1S/C16H22BrN3O4/c1-9(2)14(18-11(4)21)16(23)20-19-15(22)10(3)24-13-7-5-6-12(17)8-13/h5-10,14H,1-4H3,(H,18,21)(H,19,22)(H,20,23)/t10-,14-/m1/s1. The Morgan fingerprint density at radius 3 is 2.25 bits per heavy atom. The molecule has 0 spiro atoms. The number of carbonyl (C=O) groups excluding carboxylic acids is 3. The van der Waals surface area contributed by atoms with Crippen LogP contribution in [0.25, 0.3) is 0 Å². The van der Waals surface area contributed by atoms with Crippen LogP contribution in [0.3, 0.4) is 0 Å². The van der Waals surface area contributed by atoms with Crippen molar-refractivity contribution in [3.05, 3.63) is 28.7 Å². The Kier molecular flexibility index (Phi) is 7.70. The Labute approximate surface area is 149 Å². The summed E-state index contributed by atoms with van der Waals surface area (Å²) in [7, 11) is 0. The van der Waals surface area contributed by atoms with E-state index in [0.717, 1.165) is 4.47 Å². The van der Waals surface area contributed by atoms with Crippen molar-refractivity contribution < 1.29 is 19.1 Å². The molecule has 1 aromatic rings. The first kappa shape index (κ1) is 20.0. The fraction of sp³-hybridized carbons (Fsp3) is 0.438. The molecule has 0 heterocycles. The van der Waals surface area contributed by atoms with E-state index in [9.17, 15) is 14.4 Å². The number of nitrogens with one attached hydrogen (secondary N) is 3. The van der Waals surface area contributed by atoms with Crippen molar-refractivity contribution in [1.29, 1.82) is 0 Å². The van der Waals surface area contributed by atoms with E-state index in [4.69, 9.17) is 4.74 Å². The number of carbonyl (C=O) groups is 3. The van der Waals surface area contributed by atoms with Crippen molar-refractivity contribution >= 4 is 33.7 Å². The molecule has 0 radical (unpaired) electrons. The van der Waals surface area contributed by atoms with E-state index in [0.29, 0.717) is 5.75 Å². The van der Waals surface area contributed by atoms with E-state index in [1.807, 2.05) is 6.07 Å². The molecule has 132 valence electrons. The van der Waals surface area contributed by atoms with E-state index in [2.05, 4.69) is 32.1 Å². The Morgan fingerprint density at radius 1 is 1.08 bits per heavy atom. The van der Waals surface area contributed by atoms with Gasteiger partial charge in [0.1, 0.15) is 11.8 Å². The van der Waals surface area contributed by atoms with Crippen molar-refractivity contribution in [2.24, 2.45) is 5.92 Å². The molecule has 3 amide bonds. The quantitative estimate of drug-likeness (QED) is 0.631. The van der Waals surface area contributed by atoms with E-state index < -0.39 is 24.0 Å². The van der Waals surface area contributed by atoms with Gasteiger partial charge in [0, 0.05) is 11.4 Å². The minimum atomic E-state index is -0.808. The molecule has 3 N–H and O–H groups in total. The molecule has 0 unspecified atom stereocenters. The normalized spacial score (nSPS) is 12.9. The highest BCUT2D eigenvalue weighted by Gasteiger charge is 2.24. The minimum Gasteiger partial charge on any atom is -0.481 e. The van der Waals surface area contributed by atoms with Crippen LogP contribution in [0.2, 0.25) is 0 Å². The molecule has 0 fully saturated rings. The van der Waals surface area contributed by atoms with Gasteiger partial charge in [0.15, 0.2) is 6.10 Å². The summed E-state index contributed by atoms with van der Waals surface area (Å²) in [5, 5.41) is 2.54. The molecule has 0 saturated carbocycles. The number of amides is 3. The average molecular weight is 400 g/mol. The molecular formula is C16H22BrN3O4. The van der Waals surface area contributed by atoms with Crippen LogP contribution in [0.15, 0.2) is 28.7 Å². The molecule has 0 aliphatic heterocycles. The fourth-order valence-electron chi connectivity index (χ4n) is 1.85. The Morgan fingerprint density at radius 2 is 1.71 bits per heavy atom. The average Bonchev–Trinajstić information content (AvgIpc) is 2.49. The van der Waals surface area contributed by atoms with Gasteiger partial charge >= 0.3 is 0 Å². The largest absolute Gasteiger partial charge is 0.481 e. The van der Waals surface area contributed by atoms with Gasteiger partial charge in [-0.3, -0.25) is 25.2 Å². The maximum Gasteiger partial charge on any atom is 0.279 e. The summed E-state index contributed by atoms with van der Waals surface area (Å²) in [6.45, 7) is 6.48. The molecular weight excluding hydrogens is 378 g/mol. The lowest BCUT2D eigenvalue weighted by molar-refractivity contribution is -0.135. The summed E-state index contributed by atoms with van der Waals surface area (Å²) in [4.78, 5) is 35.2. The topological polar surface area (TPSA) is 96.5 Å². The molecule has 2 atom stereocenters. The van der Waals surface area contributed by atoms with Crippen LogP contribution in [0.1, 0.15) is 27.7 Å². The molecule has 0 aliphatic carbocycles. The number of hydrogen-bond acceptors (Lipinski definition) is 4. The summed E-state index contributed by atoms with van der Waals surface area (Å²) >= 11 is 3.32. The number of hydrazine groups is 1. The molecule has 1 rings (SSSR count). The fourth-order valence-corrected chi connectivity index (χ4v) is 2.23. The lowest BCUT2D eigenvalue weighted by atomic mass is 10.0. The summed E-state index contributed by atoms with van der Waals surface area (Å²) in [5.74, 6) is -0.920. The van der Waals surface area contributed by atoms with Crippen molar-refractivity contribution in [1.82, 2.24) is 16.2 Å². The zero-order chi connectivity index (χ0) is 18.3. The molecule has 0 saturated heterocycles. The summed E-state index contributed by atoms with van der Waals surface area (Å²) in [6, 6.07) is 6.34. The van der Waals surface area contributed by atoms with Gasteiger partial charge < -0.3 is 10.1 Å². The van der Waals surface area contributed by atoms with Gasteiger partial charge in [0.05, 0.1) is 0 Å². The molecule has 8 heteroatoms. The van der Waals surface area contributed by atoms with Gasteiger partial charge in [-0.1, -0.05) is 35.8 Å². The van der Waals surface area contributed by atoms with Crippen LogP contribution in [0, 0.1) is 5.92 Å². The van der Waals surface area contributed by atoms with Crippen molar-refractivity contribution in [3.8, 4) is 5.75 Å². The lowest BCUT2D eigenvalue weighted by Crippen LogP contribution is -2.55. The molecule has 0 aromatic heterocycles. The van der Waals surface area contributed by atoms with Crippen LogP contribution in [0.5, 0.6) is 5.75 Å². The van der Waals surface area contributed by atoms with Gasteiger partial charge in [-0.25, -0.2) is 0 Å². The highest BCUT2D eigenvalue weighted by Crippen LogP contribution is 2.18. The number of benzene rings is 1. The van der Waals surface area contributed by atoms with Gasteiger partial charge in [-0.2, -0.15) is 0 Å². The predicted octanol–water partition coefficient (Wildman–Crippen LogP) is 1.52. The SMILES string of the molecule is CC(=O)N[C@@H](C(=O)NNC(=O)[C@@H](C)Oc1cccc(Br)c1)C(C)C. The first-order valence-electron chi connectivity index (χ1n) is 7.49. The van der Waals surface area contributed by atoms with E-state index in [1.165, 1.54) is 6.92 Å². The lowest BCUT2D eigenvalue weighted by Gasteiger charge is -2.22. The van der Waals surface area contributed by atoms with Crippen LogP contribution in [-0.2, 0) is 14.4 Å². The van der Waals surface area contributed by atoms with Gasteiger partial charge in [-0.15, -0.1) is 0 Å². The smallest absolute Gasteiger partial charge is 0.279 e. The minimum absolute atomic E-state index is 0.124. The third kappa shape index (κ3) is 6.57. The second-order valence-electron chi connectivity index (χ2n) is 5.62. The number of ether oxygens (including phenoxy) is 1. The monoisotopic (exact) mass is 399 g/mol. The maximum absolute atomic E-state index is 12.1. The first-order valence-corrected chi connectivity index (χ1v) is 8.29. The molecule has 1 aromatic carbocycles. The molecule has 7 nitrogen and oxygen atoms in total. The zero-order valence-corrected chi connectivity index (χ0v) is 15.6. The van der Waals surface area contributed by atoms with Crippen molar-refractivity contribution in [2.75, 3.05) is 0 Å². The summed E-state index contributed by atoms with van der Waals surface area (Å²) in [5.41, 5.74) is 4.60. The van der Waals surface area contributed by atoms with E-state index >= 15 is 0 Å². The number of halogens is 1. The number of rotatable bonds is 6. The second-order valence-corrected chi connectivity index (χ2v) is 6.53. The van der Waals surface area contributed by atoms with Crippen molar-refractivity contribution in [2.45, 2.75) is 39.8 Å². The molecule has 0 bridgehead atoms. The number of hydrogen-bond donors (Lipinski definition) is 3. The summed E-state index contributed by atoms with van der Waals surface area (Å²) in [6.07, 6.45) is -0.808. The van der Waals surface area contributed by atoms with Crippen LogP contribution >= 0.6 is 15.9 Å². The second kappa shape index (κ2) is 9.27. The Hall–Kier alpha value is -2.09. The van der Waals surface area contributed by atoms with E-state index in [1.54, 1.807) is 39.0 Å². The highest BCUT2D eigenvalue weighted by molar-refractivity contribution is 9.10. The molecule has 24 heavy (non-hydrogen) atoms. The van der Waals surface area contributed by atoms with Gasteiger partial charge in [0.2, 0.25) is 5.91 Å². The molecule has 0 aliphatic rings. The van der Waals surface area contributed by atoms with Gasteiger partial charge in [-0.05, 0) is 31.0 Å². The predicted molar refractivity (Wildman–Crippen MR) is 93.0 cm³/mol. The van der Waals surface area contributed by atoms with Crippen LogP contribution in [-0.4, -0.2) is 29.9 Å². The summed E-state index contributed by atoms with van der Waals surface area (Å²) < 4.78 is 6.33. The first-order chi connectivity index (χ1) is 11.2. The maximum atomic E-state index is 12.1. The van der Waals surface area contributed by atoms with Crippen molar-refractivity contribution in [3.63, 3.8) is 0 Å². The van der Waals surface area contributed by atoms with E-state index in [-0.39, 0.29) is 11.8 Å². The highest BCUT2D eigenvalue weighted by atomic mass is 79.9. The third-order valence-corrected chi connectivity index (χ3v) is 3.59. The van der Waals surface area contributed by atoms with Crippen LogP contribution < -0.4 is 20.9 Å². The zero-order valence-electron chi connectivity index (χ0n) is 14.1. The third-order valence-electron chi connectivity index (χ3n) is 3.09. The van der Waals surface area contributed by atoms with Gasteiger partial charge in [0.25, 0.3) is 11.8 Å².